The van der Waals surface area contributed by atoms with Crippen molar-refractivity contribution in [2.75, 3.05) is 33.3 Å². The van der Waals surface area contributed by atoms with E-state index in [1.165, 1.54) is 7.11 Å². The first-order chi connectivity index (χ1) is 10.0. The average molecular weight is 299 g/mol. The maximum absolute atomic E-state index is 12.2. The molecular formula is C15H29N3O3. The lowest BCUT2D eigenvalue weighted by molar-refractivity contribution is -0.146. The van der Waals surface area contributed by atoms with Gasteiger partial charge in [0.15, 0.2) is 0 Å². The van der Waals surface area contributed by atoms with Crippen molar-refractivity contribution in [3.8, 4) is 0 Å². The first-order valence-electron chi connectivity index (χ1n) is 7.85. The summed E-state index contributed by atoms with van der Waals surface area (Å²) in [5, 5.41) is 6.06. The fourth-order valence-corrected chi connectivity index (χ4v) is 2.41. The number of methoxy groups -OCH3 is 1. The fraction of sp³-hybridized carbons (Fsp3) is 0.867. The summed E-state index contributed by atoms with van der Waals surface area (Å²) in [6, 6.07) is -0.133. The van der Waals surface area contributed by atoms with Crippen LogP contribution in [0.25, 0.3) is 0 Å². The van der Waals surface area contributed by atoms with Gasteiger partial charge in [-0.3, -0.25) is 9.69 Å². The predicted molar refractivity (Wildman–Crippen MR) is 81.9 cm³/mol. The molecule has 0 aliphatic carbocycles. The molecule has 0 radical (unpaired) electrons. The van der Waals surface area contributed by atoms with E-state index in [0.29, 0.717) is 12.6 Å². The monoisotopic (exact) mass is 299 g/mol. The summed E-state index contributed by atoms with van der Waals surface area (Å²) in [4.78, 5) is 26.2. The minimum absolute atomic E-state index is 0.0615. The normalized spacial score (nSPS) is 18.0. The van der Waals surface area contributed by atoms with Crippen LogP contribution in [0, 0.1) is 5.92 Å². The zero-order valence-corrected chi connectivity index (χ0v) is 13.6. The summed E-state index contributed by atoms with van der Waals surface area (Å²) in [7, 11) is 1.35. The van der Waals surface area contributed by atoms with E-state index in [2.05, 4.69) is 22.5 Å². The zero-order valence-electron chi connectivity index (χ0n) is 13.6. The maximum Gasteiger partial charge on any atom is 0.328 e. The number of rotatable bonds is 9. The predicted octanol–water partition coefficient (Wildman–Crippen LogP) is 0.374. The topological polar surface area (TPSA) is 70.7 Å². The third kappa shape index (κ3) is 5.28. The van der Waals surface area contributed by atoms with Gasteiger partial charge in [0, 0.05) is 19.1 Å². The molecule has 0 aromatic rings. The summed E-state index contributed by atoms with van der Waals surface area (Å²) >= 11 is 0. The molecule has 1 amide bonds. The number of hydrogen-bond donors (Lipinski definition) is 2. The van der Waals surface area contributed by atoms with Crippen LogP contribution in [0.2, 0.25) is 0 Å². The minimum Gasteiger partial charge on any atom is -0.467 e. The number of esters is 1. The highest BCUT2D eigenvalue weighted by atomic mass is 16.5. The van der Waals surface area contributed by atoms with Gasteiger partial charge < -0.3 is 15.4 Å². The van der Waals surface area contributed by atoms with Gasteiger partial charge in [0.2, 0.25) is 5.91 Å². The molecule has 0 spiro atoms. The van der Waals surface area contributed by atoms with Gasteiger partial charge in [0.05, 0.1) is 13.7 Å². The number of amides is 1. The van der Waals surface area contributed by atoms with Crippen molar-refractivity contribution in [3.63, 3.8) is 0 Å². The van der Waals surface area contributed by atoms with E-state index in [1.54, 1.807) is 0 Å². The summed E-state index contributed by atoms with van der Waals surface area (Å²) in [5.41, 5.74) is 0. The highest BCUT2D eigenvalue weighted by Crippen LogP contribution is 2.10. The molecule has 0 bridgehead atoms. The summed E-state index contributed by atoms with van der Waals surface area (Å²) in [6.07, 6.45) is 1.82. The Morgan fingerprint density at radius 1 is 1.38 bits per heavy atom. The van der Waals surface area contributed by atoms with Crippen LogP contribution in [0.4, 0.5) is 0 Å². The van der Waals surface area contributed by atoms with Gasteiger partial charge in [0.1, 0.15) is 6.04 Å². The Bertz CT molecular complexity index is 345. The third-order valence-electron chi connectivity index (χ3n) is 4.12. The van der Waals surface area contributed by atoms with Crippen LogP contribution in [0.15, 0.2) is 0 Å². The van der Waals surface area contributed by atoms with Crippen LogP contribution in [-0.4, -0.2) is 62.1 Å². The number of nitrogens with zero attached hydrogens (tertiary/aromatic N) is 1. The molecular weight excluding hydrogens is 270 g/mol. The molecule has 21 heavy (non-hydrogen) atoms. The van der Waals surface area contributed by atoms with E-state index in [9.17, 15) is 9.59 Å². The molecule has 1 saturated heterocycles. The fourth-order valence-electron chi connectivity index (χ4n) is 2.41. The van der Waals surface area contributed by atoms with Crippen molar-refractivity contribution in [1.29, 1.82) is 0 Å². The second-order valence-electron chi connectivity index (χ2n) is 5.74. The Kier molecular flexibility index (Phi) is 7.67. The Morgan fingerprint density at radius 2 is 2.05 bits per heavy atom. The van der Waals surface area contributed by atoms with Crippen molar-refractivity contribution >= 4 is 11.9 Å². The van der Waals surface area contributed by atoms with Gasteiger partial charge in [-0.2, -0.15) is 0 Å². The standard InChI is InChI=1S/C15H29N3O3/c1-5-7-18(12-8-16-9-12)10-13(19)17-14(11(3)6-2)15(20)21-4/h11-12,14,16H,5-10H2,1-4H3,(H,17,19). The van der Waals surface area contributed by atoms with Gasteiger partial charge in [-0.15, -0.1) is 0 Å². The van der Waals surface area contributed by atoms with E-state index in [0.717, 1.165) is 32.5 Å². The Labute approximate surface area is 127 Å². The molecule has 1 aliphatic rings. The molecule has 2 N–H and O–H groups in total. The molecule has 6 nitrogen and oxygen atoms in total. The van der Waals surface area contributed by atoms with E-state index >= 15 is 0 Å². The lowest BCUT2D eigenvalue weighted by Crippen LogP contribution is -2.59. The highest BCUT2D eigenvalue weighted by molar-refractivity contribution is 5.85. The molecule has 2 unspecified atom stereocenters. The molecule has 0 aromatic carbocycles. The minimum atomic E-state index is -0.560. The second kappa shape index (κ2) is 9.00. The van der Waals surface area contributed by atoms with Crippen molar-refractivity contribution in [1.82, 2.24) is 15.5 Å². The lowest BCUT2D eigenvalue weighted by Gasteiger charge is -2.38. The van der Waals surface area contributed by atoms with Crippen LogP contribution in [0.1, 0.15) is 33.6 Å². The second-order valence-corrected chi connectivity index (χ2v) is 5.74. The Morgan fingerprint density at radius 3 is 2.48 bits per heavy atom. The number of carbonyl (C=O) groups excluding carboxylic acids is 2. The van der Waals surface area contributed by atoms with Crippen LogP contribution in [0.5, 0.6) is 0 Å². The highest BCUT2D eigenvalue weighted by Gasteiger charge is 2.29. The molecule has 6 heteroatoms. The van der Waals surface area contributed by atoms with Crippen LogP contribution in [0.3, 0.4) is 0 Å². The number of nitrogens with one attached hydrogen (secondary N) is 2. The summed E-state index contributed by atoms with van der Waals surface area (Å²) in [6.45, 7) is 9.14. The van der Waals surface area contributed by atoms with Crippen molar-refractivity contribution in [2.24, 2.45) is 5.92 Å². The smallest absolute Gasteiger partial charge is 0.328 e. The largest absolute Gasteiger partial charge is 0.467 e. The Hall–Kier alpha value is -1.14. The van der Waals surface area contributed by atoms with Crippen molar-refractivity contribution < 1.29 is 14.3 Å². The third-order valence-corrected chi connectivity index (χ3v) is 4.12. The lowest BCUT2D eigenvalue weighted by atomic mass is 9.99. The summed E-state index contributed by atoms with van der Waals surface area (Å²) in [5.74, 6) is -0.414. The van der Waals surface area contributed by atoms with Gasteiger partial charge >= 0.3 is 5.97 Å². The molecule has 2 atom stereocenters. The van der Waals surface area contributed by atoms with Crippen LogP contribution >= 0.6 is 0 Å². The SMILES string of the molecule is CCCN(CC(=O)NC(C(=O)OC)C(C)CC)C1CNC1. The molecule has 122 valence electrons. The van der Waals surface area contributed by atoms with Crippen LogP contribution < -0.4 is 10.6 Å². The number of carbonyl (C=O) groups is 2. The van der Waals surface area contributed by atoms with E-state index in [1.807, 2.05) is 13.8 Å². The van der Waals surface area contributed by atoms with Gasteiger partial charge in [-0.1, -0.05) is 27.2 Å². The maximum atomic E-state index is 12.2. The van der Waals surface area contributed by atoms with Gasteiger partial charge in [-0.25, -0.2) is 4.79 Å². The van der Waals surface area contributed by atoms with Gasteiger partial charge in [0.25, 0.3) is 0 Å². The Balaban J connectivity index is 2.56. The van der Waals surface area contributed by atoms with E-state index < -0.39 is 6.04 Å². The summed E-state index contributed by atoms with van der Waals surface area (Å²) < 4.78 is 4.79. The molecule has 1 fully saturated rings. The number of hydrogen-bond acceptors (Lipinski definition) is 5. The van der Waals surface area contributed by atoms with Crippen LogP contribution in [-0.2, 0) is 14.3 Å². The first kappa shape index (κ1) is 17.9. The molecule has 1 heterocycles. The number of ether oxygens (including phenoxy) is 1. The van der Waals surface area contributed by atoms with E-state index in [4.69, 9.17) is 4.74 Å². The zero-order chi connectivity index (χ0) is 15.8. The molecule has 1 aliphatic heterocycles. The molecule has 0 saturated carbocycles. The molecule has 0 aromatic heterocycles. The van der Waals surface area contributed by atoms with Crippen molar-refractivity contribution in [2.45, 2.75) is 45.7 Å². The first-order valence-corrected chi connectivity index (χ1v) is 7.85. The average Bonchev–Trinajstić information content (AvgIpc) is 2.41. The van der Waals surface area contributed by atoms with E-state index in [-0.39, 0.29) is 17.8 Å². The molecule has 1 rings (SSSR count). The van der Waals surface area contributed by atoms with Crippen molar-refractivity contribution in [3.05, 3.63) is 0 Å². The van der Waals surface area contributed by atoms with Gasteiger partial charge in [-0.05, 0) is 18.9 Å². The quantitative estimate of drug-likeness (QED) is 0.602.